The number of carbonyl (C=O) groups excluding carboxylic acids is 1. The van der Waals surface area contributed by atoms with E-state index in [1.165, 1.54) is 4.88 Å². The molecule has 23 heavy (non-hydrogen) atoms. The molecule has 4 nitrogen and oxygen atoms in total. The second-order valence-corrected chi connectivity index (χ2v) is 7.40. The molecule has 0 bridgehead atoms. The minimum absolute atomic E-state index is 0.162. The van der Waals surface area contributed by atoms with Gasteiger partial charge in [-0.25, -0.2) is 0 Å². The maximum absolute atomic E-state index is 12.6. The van der Waals surface area contributed by atoms with Crippen molar-refractivity contribution >= 4 is 17.1 Å². The molecule has 0 unspecified atom stereocenters. The molecule has 1 fully saturated rings. The Bertz CT molecular complexity index is 676. The van der Waals surface area contributed by atoms with Crippen molar-refractivity contribution in [3.63, 3.8) is 0 Å². The first-order valence-electron chi connectivity index (χ1n) is 8.17. The number of rotatable bonds is 6. The summed E-state index contributed by atoms with van der Waals surface area (Å²) in [5.41, 5.74) is 3.03. The summed E-state index contributed by atoms with van der Waals surface area (Å²) in [5, 5.41) is 11.7. The number of thiophene rings is 1. The summed E-state index contributed by atoms with van der Waals surface area (Å²) in [5.74, 6) is 0.162. The molecular weight excluding hydrogens is 308 g/mol. The minimum Gasteiger partial charge on any atom is -0.392 e. The van der Waals surface area contributed by atoms with E-state index in [4.69, 9.17) is 0 Å². The van der Waals surface area contributed by atoms with Crippen molar-refractivity contribution in [2.24, 2.45) is 0 Å². The molecule has 2 aromatic heterocycles. The van der Waals surface area contributed by atoms with Gasteiger partial charge >= 0.3 is 0 Å². The Hall–Kier alpha value is -1.43. The first-order valence-corrected chi connectivity index (χ1v) is 9.05. The number of carbonyl (C=O) groups is 1. The van der Waals surface area contributed by atoms with Crippen LogP contribution in [0.4, 0.5) is 0 Å². The Kier molecular flexibility index (Phi) is 4.99. The molecule has 0 saturated carbocycles. The molecule has 1 aliphatic heterocycles. The number of ketones is 1. The fourth-order valence-electron chi connectivity index (χ4n) is 3.35. The summed E-state index contributed by atoms with van der Waals surface area (Å²) < 4.78 is 2.24. The monoisotopic (exact) mass is 332 g/mol. The SMILES string of the molecule is Cc1cc(C(=O)CN2CC[C@@H](O)C2)c(C)n1CCc1cccs1. The molecule has 3 rings (SSSR count). The number of β-amino-alcohol motifs (C(OH)–C–C–N with tert-alkyl or cyclic N) is 1. The van der Waals surface area contributed by atoms with Gasteiger partial charge in [0.1, 0.15) is 0 Å². The molecule has 0 spiro atoms. The summed E-state index contributed by atoms with van der Waals surface area (Å²) >= 11 is 1.78. The predicted octanol–water partition coefficient (Wildman–Crippen LogP) is 2.66. The van der Waals surface area contributed by atoms with Crippen LogP contribution in [0.25, 0.3) is 0 Å². The number of aliphatic hydroxyl groups excluding tert-OH is 1. The van der Waals surface area contributed by atoms with E-state index in [0.717, 1.165) is 42.9 Å². The summed E-state index contributed by atoms with van der Waals surface area (Å²) in [6, 6.07) is 6.25. The fraction of sp³-hybridized carbons (Fsp3) is 0.500. The van der Waals surface area contributed by atoms with Crippen molar-refractivity contribution in [3.8, 4) is 0 Å². The molecule has 0 radical (unpaired) electrons. The van der Waals surface area contributed by atoms with E-state index in [-0.39, 0.29) is 11.9 Å². The van der Waals surface area contributed by atoms with Crippen LogP contribution >= 0.6 is 11.3 Å². The fourth-order valence-corrected chi connectivity index (χ4v) is 4.05. The summed E-state index contributed by atoms with van der Waals surface area (Å²) in [6.45, 7) is 6.85. The molecule has 0 aliphatic carbocycles. The topological polar surface area (TPSA) is 45.5 Å². The first-order chi connectivity index (χ1) is 11.0. The first kappa shape index (κ1) is 16.4. The van der Waals surface area contributed by atoms with Crippen molar-refractivity contribution in [1.29, 1.82) is 0 Å². The molecule has 3 heterocycles. The predicted molar refractivity (Wildman–Crippen MR) is 93.3 cm³/mol. The van der Waals surface area contributed by atoms with Gasteiger partial charge < -0.3 is 9.67 Å². The minimum atomic E-state index is -0.277. The molecule has 1 aliphatic rings. The molecule has 1 N–H and O–H groups in total. The van der Waals surface area contributed by atoms with Crippen molar-refractivity contribution in [1.82, 2.24) is 9.47 Å². The van der Waals surface area contributed by atoms with Crippen molar-refractivity contribution in [2.75, 3.05) is 19.6 Å². The van der Waals surface area contributed by atoms with Crippen LogP contribution in [-0.2, 0) is 13.0 Å². The van der Waals surface area contributed by atoms with E-state index in [1.54, 1.807) is 11.3 Å². The Morgan fingerprint density at radius 3 is 2.91 bits per heavy atom. The molecule has 0 aromatic carbocycles. The standard InChI is InChI=1S/C18H24N2O2S/c1-13-10-17(18(22)12-19-7-5-15(21)11-19)14(2)20(13)8-6-16-4-3-9-23-16/h3-4,9-10,15,21H,5-8,11-12H2,1-2H3/t15-/m1/s1. The van der Waals surface area contributed by atoms with Crippen molar-refractivity contribution in [3.05, 3.63) is 45.4 Å². The van der Waals surface area contributed by atoms with Crippen LogP contribution < -0.4 is 0 Å². The number of aryl methyl sites for hydroxylation is 2. The quantitative estimate of drug-likeness (QED) is 0.827. The zero-order valence-corrected chi connectivity index (χ0v) is 14.6. The second-order valence-electron chi connectivity index (χ2n) is 6.37. The molecule has 1 atom stereocenters. The number of Topliss-reactive ketones (excluding diaryl/α,β-unsaturated/α-hetero) is 1. The Morgan fingerprint density at radius 1 is 1.43 bits per heavy atom. The number of nitrogens with zero attached hydrogens (tertiary/aromatic N) is 2. The highest BCUT2D eigenvalue weighted by molar-refractivity contribution is 7.09. The Morgan fingerprint density at radius 2 is 2.26 bits per heavy atom. The highest BCUT2D eigenvalue weighted by Gasteiger charge is 2.24. The molecule has 124 valence electrons. The Balaban J connectivity index is 1.68. The van der Waals surface area contributed by atoms with Crippen LogP contribution in [0.5, 0.6) is 0 Å². The van der Waals surface area contributed by atoms with E-state index in [0.29, 0.717) is 13.1 Å². The normalized spacial score (nSPS) is 18.7. The van der Waals surface area contributed by atoms with Gasteiger partial charge in [0.05, 0.1) is 12.6 Å². The third-order valence-electron chi connectivity index (χ3n) is 4.65. The smallest absolute Gasteiger partial charge is 0.178 e. The maximum atomic E-state index is 12.6. The van der Waals surface area contributed by atoms with Crippen LogP contribution in [-0.4, -0.2) is 46.1 Å². The summed E-state index contributed by atoms with van der Waals surface area (Å²) in [6.07, 6.45) is 1.49. The number of hydrogen-bond acceptors (Lipinski definition) is 4. The zero-order chi connectivity index (χ0) is 16.4. The Labute approximate surface area is 141 Å². The summed E-state index contributed by atoms with van der Waals surface area (Å²) in [4.78, 5) is 16.0. The number of hydrogen-bond donors (Lipinski definition) is 1. The van der Waals surface area contributed by atoms with Crippen LogP contribution in [0.1, 0.15) is 33.0 Å². The average molecular weight is 332 g/mol. The van der Waals surface area contributed by atoms with E-state index in [1.807, 2.05) is 17.9 Å². The van der Waals surface area contributed by atoms with E-state index >= 15 is 0 Å². The lowest BCUT2D eigenvalue weighted by atomic mass is 10.1. The highest BCUT2D eigenvalue weighted by atomic mass is 32.1. The van der Waals surface area contributed by atoms with E-state index in [2.05, 4.69) is 29.0 Å². The van der Waals surface area contributed by atoms with Crippen molar-refractivity contribution < 1.29 is 9.90 Å². The van der Waals surface area contributed by atoms with Gasteiger partial charge in [-0.1, -0.05) is 6.07 Å². The lowest BCUT2D eigenvalue weighted by molar-refractivity contribution is 0.0934. The van der Waals surface area contributed by atoms with Crippen LogP contribution in [0, 0.1) is 13.8 Å². The van der Waals surface area contributed by atoms with Gasteiger partial charge in [0, 0.05) is 41.5 Å². The third-order valence-corrected chi connectivity index (χ3v) is 5.59. The number of likely N-dealkylation sites (tertiary alicyclic amines) is 1. The molecule has 0 amide bonds. The molecule has 5 heteroatoms. The lowest BCUT2D eigenvalue weighted by Crippen LogP contribution is -2.28. The number of aliphatic hydroxyl groups is 1. The highest BCUT2D eigenvalue weighted by Crippen LogP contribution is 2.19. The molecule has 1 saturated heterocycles. The van der Waals surface area contributed by atoms with Crippen LogP contribution in [0.15, 0.2) is 23.6 Å². The van der Waals surface area contributed by atoms with Crippen LogP contribution in [0.3, 0.4) is 0 Å². The number of aromatic nitrogens is 1. The molecular formula is C18H24N2O2S. The summed E-state index contributed by atoms with van der Waals surface area (Å²) in [7, 11) is 0. The lowest BCUT2D eigenvalue weighted by Gasteiger charge is -2.14. The second kappa shape index (κ2) is 6.99. The molecule has 2 aromatic rings. The third kappa shape index (κ3) is 3.74. The van der Waals surface area contributed by atoms with Gasteiger partial charge in [0.15, 0.2) is 5.78 Å². The van der Waals surface area contributed by atoms with Gasteiger partial charge in [-0.2, -0.15) is 0 Å². The van der Waals surface area contributed by atoms with Crippen molar-refractivity contribution in [2.45, 2.75) is 39.3 Å². The zero-order valence-electron chi connectivity index (χ0n) is 13.8. The van der Waals surface area contributed by atoms with Gasteiger partial charge in [0.25, 0.3) is 0 Å². The van der Waals surface area contributed by atoms with E-state index < -0.39 is 0 Å². The van der Waals surface area contributed by atoms with Gasteiger partial charge in [-0.15, -0.1) is 11.3 Å². The van der Waals surface area contributed by atoms with Gasteiger partial charge in [-0.05, 0) is 44.2 Å². The van der Waals surface area contributed by atoms with Gasteiger partial charge in [0.2, 0.25) is 0 Å². The largest absolute Gasteiger partial charge is 0.392 e. The average Bonchev–Trinajstić information content (AvgIpc) is 3.21. The van der Waals surface area contributed by atoms with Gasteiger partial charge in [-0.3, -0.25) is 9.69 Å². The van der Waals surface area contributed by atoms with E-state index in [9.17, 15) is 9.90 Å². The maximum Gasteiger partial charge on any atom is 0.178 e. The van der Waals surface area contributed by atoms with Crippen LogP contribution in [0.2, 0.25) is 0 Å².